The first kappa shape index (κ1) is 35.2. The van der Waals surface area contributed by atoms with E-state index in [1.807, 2.05) is 7.05 Å². The van der Waals surface area contributed by atoms with Crippen LogP contribution < -0.4 is 10.6 Å². The summed E-state index contributed by atoms with van der Waals surface area (Å²) in [5.41, 5.74) is 0. The summed E-state index contributed by atoms with van der Waals surface area (Å²) >= 11 is 0. The second-order valence-electron chi connectivity index (χ2n) is 8.58. The van der Waals surface area contributed by atoms with Crippen LogP contribution in [0.1, 0.15) is 118 Å². The Morgan fingerprint density at radius 1 is 0.438 bits per heavy atom. The first-order chi connectivity index (χ1) is 15.2. The Labute approximate surface area is 198 Å². The quantitative estimate of drug-likeness (QED) is 0.259. The fourth-order valence-corrected chi connectivity index (χ4v) is 2.91. The number of carbonyl (C=O) groups excluding carboxylic acids is 4. The van der Waals surface area contributed by atoms with Crippen molar-refractivity contribution < 1.29 is 19.2 Å². The first-order valence-electron chi connectivity index (χ1n) is 12.4. The van der Waals surface area contributed by atoms with E-state index >= 15 is 0 Å². The van der Waals surface area contributed by atoms with Crippen LogP contribution in [0, 0.1) is 0 Å². The van der Waals surface area contributed by atoms with Crippen molar-refractivity contribution in [2.75, 3.05) is 27.2 Å². The molecule has 0 aliphatic heterocycles. The zero-order valence-corrected chi connectivity index (χ0v) is 21.9. The molecule has 0 radical (unpaired) electrons. The number of Topliss-reactive ketones (excluding diaryl/α,β-unsaturated/α-hetero) is 4. The predicted octanol–water partition coefficient (Wildman–Crippen LogP) is 5.22. The van der Waals surface area contributed by atoms with Crippen molar-refractivity contribution in [2.45, 2.75) is 118 Å². The lowest BCUT2D eigenvalue weighted by molar-refractivity contribution is -0.118. The fourth-order valence-electron chi connectivity index (χ4n) is 2.91. The summed E-state index contributed by atoms with van der Waals surface area (Å²) in [4.78, 5) is 41.8. The molecule has 0 aromatic rings. The molecular formula is C26H52N2O4. The highest BCUT2D eigenvalue weighted by molar-refractivity contribution is 5.77. The second-order valence-corrected chi connectivity index (χ2v) is 8.58. The van der Waals surface area contributed by atoms with Gasteiger partial charge >= 0.3 is 0 Å². The van der Waals surface area contributed by atoms with Gasteiger partial charge in [-0.2, -0.15) is 0 Å². The van der Waals surface area contributed by atoms with Crippen LogP contribution in [-0.4, -0.2) is 50.3 Å². The molecule has 6 nitrogen and oxygen atoms in total. The Morgan fingerprint density at radius 3 is 0.969 bits per heavy atom. The van der Waals surface area contributed by atoms with Crippen LogP contribution in [0.5, 0.6) is 0 Å². The number of hydrogen-bond acceptors (Lipinski definition) is 6. The lowest BCUT2D eigenvalue weighted by atomic mass is 10.1. The zero-order chi connectivity index (χ0) is 25.0. The maximum atomic E-state index is 10.7. The van der Waals surface area contributed by atoms with Crippen molar-refractivity contribution in [1.29, 1.82) is 0 Å². The Hall–Kier alpha value is -1.40. The molecule has 0 atom stereocenters. The van der Waals surface area contributed by atoms with E-state index in [1.165, 1.54) is 51.4 Å². The van der Waals surface area contributed by atoms with Gasteiger partial charge in [0.25, 0.3) is 0 Å². The fraction of sp³-hybridized carbons (Fsp3) is 0.846. The average Bonchev–Trinajstić information content (AvgIpc) is 2.69. The Balaban J connectivity index is -0.000000446. The van der Waals surface area contributed by atoms with Gasteiger partial charge in [-0.1, -0.05) is 44.9 Å². The molecule has 0 bridgehead atoms. The topological polar surface area (TPSA) is 92.3 Å². The predicted molar refractivity (Wildman–Crippen MR) is 135 cm³/mol. The Bertz CT molecular complexity index is 443. The molecule has 0 aliphatic rings. The molecule has 0 saturated heterocycles. The molecule has 6 heteroatoms. The van der Waals surface area contributed by atoms with Crippen molar-refractivity contribution >= 4 is 23.1 Å². The van der Waals surface area contributed by atoms with Gasteiger partial charge in [0.2, 0.25) is 0 Å². The van der Waals surface area contributed by atoms with Crippen molar-refractivity contribution in [1.82, 2.24) is 10.6 Å². The van der Waals surface area contributed by atoms with E-state index in [0.29, 0.717) is 23.9 Å². The van der Waals surface area contributed by atoms with Crippen molar-refractivity contribution in [3.05, 3.63) is 0 Å². The van der Waals surface area contributed by atoms with Gasteiger partial charge in [-0.05, 0) is 74.0 Å². The van der Waals surface area contributed by atoms with E-state index in [-0.39, 0.29) is 5.78 Å². The van der Waals surface area contributed by atoms with Gasteiger partial charge in [-0.15, -0.1) is 0 Å². The van der Waals surface area contributed by atoms with Crippen LogP contribution in [0.25, 0.3) is 0 Å². The standard InChI is InChI=1S/C14H26O2.C8H17NO.C4H9NO/c1-13(15)11-9-7-5-3-4-6-8-10-12-14(2)16;1-8(10)6-4-3-5-7-9-2;1-4(6)3-5-2/h3-12H2,1-2H3;9H,3-7H2,1-2H3;5H,3H2,1-2H3. The van der Waals surface area contributed by atoms with Crippen LogP contribution >= 0.6 is 0 Å². The van der Waals surface area contributed by atoms with Crippen molar-refractivity contribution in [3.63, 3.8) is 0 Å². The van der Waals surface area contributed by atoms with Crippen LogP contribution in [0.4, 0.5) is 0 Å². The van der Waals surface area contributed by atoms with E-state index in [1.54, 1.807) is 34.7 Å². The van der Waals surface area contributed by atoms with Crippen LogP contribution in [-0.2, 0) is 19.2 Å². The van der Waals surface area contributed by atoms with Crippen LogP contribution in [0.15, 0.2) is 0 Å². The van der Waals surface area contributed by atoms with Crippen molar-refractivity contribution in [2.24, 2.45) is 0 Å². The summed E-state index contributed by atoms with van der Waals surface area (Å²) in [6.07, 6.45) is 15.2. The lowest BCUT2D eigenvalue weighted by Crippen LogP contribution is -2.14. The lowest BCUT2D eigenvalue weighted by Gasteiger charge is -2.01. The van der Waals surface area contributed by atoms with E-state index in [0.717, 1.165) is 45.1 Å². The number of likely N-dealkylation sites (N-methyl/N-ethyl adjacent to an activating group) is 1. The molecule has 0 aromatic heterocycles. The van der Waals surface area contributed by atoms with E-state index in [4.69, 9.17) is 0 Å². The Morgan fingerprint density at radius 2 is 0.750 bits per heavy atom. The van der Waals surface area contributed by atoms with E-state index < -0.39 is 0 Å². The third-order valence-electron chi connectivity index (χ3n) is 4.69. The SMILES string of the molecule is CC(=O)CCCCCCCCCCC(C)=O.CNCC(C)=O.CNCCCCCC(C)=O. The minimum absolute atomic E-state index is 0.178. The molecular weight excluding hydrogens is 404 g/mol. The highest BCUT2D eigenvalue weighted by Crippen LogP contribution is 2.10. The molecule has 2 N–H and O–H groups in total. The molecule has 32 heavy (non-hydrogen) atoms. The second kappa shape index (κ2) is 29.6. The molecule has 190 valence electrons. The monoisotopic (exact) mass is 456 g/mol. The summed E-state index contributed by atoms with van der Waals surface area (Å²) in [6.45, 7) is 8.08. The summed E-state index contributed by atoms with van der Waals surface area (Å²) < 4.78 is 0. The first-order valence-corrected chi connectivity index (χ1v) is 12.4. The highest BCUT2D eigenvalue weighted by atomic mass is 16.1. The molecule has 0 aliphatic carbocycles. The van der Waals surface area contributed by atoms with Gasteiger partial charge in [0.1, 0.15) is 23.1 Å². The molecule has 0 unspecified atom stereocenters. The third-order valence-corrected chi connectivity index (χ3v) is 4.69. The van der Waals surface area contributed by atoms with Gasteiger partial charge in [0, 0.05) is 19.3 Å². The smallest absolute Gasteiger partial charge is 0.143 e. The van der Waals surface area contributed by atoms with Gasteiger partial charge in [0.15, 0.2) is 0 Å². The summed E-state index contributed by atoms with van der Waals surface area (Å²) in [6, 6.07) is 0. The summed E-state index contributed by atoms with van der Waals surface area (Å²) in [5, 5.41) is 5.79. The molecule has 0 rings (SSSR count). The number of rotatable bonds is 19. The molecule has 0 spiro atoms. The normalized spacial score (nSPS) is 9.81. The van der Waals surface area contributed by atoms with Gasteiger partial charge in [-0.3, -0.25) is 4.79 Å². The largest absolute Gasteiger partial charge is 0.320 e. The molecule has 0 aromatic carbocycles. The van der Waals surface area contributed by atoms with Crippen molar-refractivity contribution in [3.8, 4) is 0 Å². The number of nitrogens with one attached hydrogen (secondary N) is 2. The Kier molecular flexibility index (Phi) is 32.6. The number of carbonyl (C=O) groups is 4. The van der Waals surface area contributed by atoms with Crippen LogP contribution in [0.2, 0.25) is 0 Å². The van der Waals surface area contributed by atoms with E-state index in [9.17, 15) is 19.2 Å². The number of hydrogen-bond donors (Lipinski definition) is 2. The van der Waals surface area contributed by atoms with Crippen LogP contribution in [0.3, 0.4) is 0 Å². The molecule has 0 fully saturated rings. The van der Waals surface area contributed by atoms with Gasteiger partial charge < -0.3 is 25.0 Å². The zero-order valence-electron chi connectivity index (χ0n) is 21.9. The highest BCUT2D eigenvalue weighted by Gasteiger charge is 1.96. The molecule has 0 amide bonds. The molecule has 0 saturated carbocycles. The van der Waals surface area contributed by atoms with E-state index in [2.05, 4.69) is 10.6 Å². The summed E-state index contributed by atoms with van der Waals surface area (Å²) in [5.74, 6) is 1.11. The number of unbranched alkanes of at least 4 members (excludes halogenated alkanes) is 9. The van der Waals surface area contributed by atoms with Gasteiger partial charge in [-0.25, -0.2) is 0 Å². The third kappa shape index (κ3) is 46.7. The molecule has 0 heterocycles. The minimum atomic E-state index is 0.178. The minimum Gasteiger partial charge on any atom is -0.320 e. The average molecular weight is 457 g/mol. The summed E-state index contributed by atoms with van der Waals surface area (Å²) in [7, 11) is 3.70. The van der Waals surface area contributed by atoms with Gasteiger partial charge in [0.05, 0.1) is 6.54 Å². The maximum absolute atomic E-state index is 10.7. The number of ketones is 4. The maximum Gasteiger partial charge on any atom is 0.143 e.